The van der Waals surface area contributed by atoms with Gasteiger partial charge < -0.3 is 20.1 Å². The normalized spacial score (nSPS) is 14.9. The van der Waals surface area contributed by atoms with Crippen LogP contribution < -0.4 is 10.2 Å². The second-order valence-electron chi connectivity index (χ2n) is 6.29. The average molecular weight is 355 g/mol. The number of hydrogen-bond donors (Lipinski definition) is 2. The smallest absolute Gasteiger partial charge is 0.317 e. The molecule has 3 aromatic rings. The van der Waals surface area contributed by atoms with Crippen molar-refractivity contribution in [3.8, 4) is 0 Å². The summed E-state index contributed by atoms with van der Waals surface area (Å²) in [5.74, 6) is 0.888. The van der Waals surface area contributed by atoms with Crippen LogP contribution in [-0.4, -0.2) is 47.1 Å². The second-order valence-corrected chi connectivity index (χ2v) is 7.33. The fourth-order valence-electron chi connectivity index (χ4n) is 3.07. The lowest BCUT2D eigenvalue weighted by Crippen LogP contribution is -2.52. The van der Waals surface area contributed by atoms with E-state index in [1.807, 2.05) is 28.5 Å². The molecule has 0 aliphatic carbocycles. The number of aromatic amines is 1. The molecule has 4 rings (SSSR count). The topological polar surface area (TPSA) is 64.3 Å². The number of carbonyl (C=O) groups is 1. The molecule has 1 aliphatic rings. The first kappa shape index (κ1) is 16.0. The van der Waals surface area contributed by atoms with Crippen molar-refractivity contribution in [3.05, 3.63) is 46.2 Å². The van der Waals surface area contributed by atoms with Crippen molar-refractivity contribution in [2.45, 2.75) is 13.5 Å². The van der Waals surface area contributed by atoms with E-state index in [-0.39, 0.29) is 6.03 Å². The van der Waals surface area contributed by atoms with Crippen LogP contribution in [0.2, 0.25) is 0 Å². The van der Waals surface area contributed by atoms with Gasteiger partial charge in [-0.3, -0.25) is 0 Å². The summed E-state index contributed by atoms with van der Waals surface area (Å²) in [6.45, 7) is 5.64. The number of amides is 2. The molecule has 2 amide bonds. The summed E-state index contributed by atoms with van der Waals surface area (Å²) in [4.78, 5) is 25.6. The molecule has 3 heterocycles. The van der Waals surface area contributed by atoms with Gasteiger partial charge in [0.2, 0.25) is 5.95 Å². The Hall–Kier alpha value is -2.54. The number of H-pyrrole nitrogens is 1. The molecule has 0 radical (unpaired) electrons. The van der Waals surface area contributed by atoms with E-state index in [0.29, 0.717) is 19.6 Å². The monoisotopic (exact) mass is 355 g/mol. The highest BCUT2D eigenvalue weighted by molar-refractivity contribution is 7.09. The largest absolute Gasteiger partial charge is 0.339 e. The summed E-state index contributed by atoms with van der Waals surface area (Å²) in [5, 5.41) is 5.02. The molecular weight excluding hydrogens is 334 g/mol. The zero-order valence-electron chi connectivity index (χ0n) is 14.2. The summed E-state index contributed by atoms with van der Waals surface area (Å²) in [6.07, 6.45) is 0. The zero-order chi connectivity index (χ0) is 17.2. The molecule has 1 aromatic carbocycles. The van der Waals surface area contributed by atoms with Crippen LogP contribution >= 0.6 is 11.3 Å². The Balaban J connectivity index is 1.34. The Kier molecular flexibility index (Phi) is 4.31. The molecule has 1 saturated heterocycles. The third kappa shape index (κ3) is 3.46. The molecule has 6 nitrogen and oxygen atoms in total. The van der Waals surface area contributed by atoms with Crippen molar-refractivity contribution in [1.82, 2.24) is 20.2 Å². The van der Waals surface area contributed by atoms with E-state index < -0.39 is 0 Å². The third-order valence-corrected chi connectivity index (χ3v) is 5.36. The van der Waals surface area contributed by atoms with Crippen molar-refractivity contribution < 1.29 is 4.79 Å². The van der Waals surface area contributed by atoms with Gasteiger partial charge in [-0.05, 0) is 36.1 Å². The van der Waals surface area contributed by atoms with E-state index in [0.717, 1.165) is 30.1 Å². The standard InChI is InChI=1S/C18H21N5OS/c1-13-4-5-15-16(11-13)21-17(20-15)22-6-8-23(9-7-22)18(24)19-12-14-3-2-10-25-14/h2-5,10-11H,6-9,12H2,1H3,(H,19,24)(H,20,21). The molecule has 1 aliphatic heterocycles. The van der Waals surface area contributed by atoms with Crippen molar-refractivity contribution in [3.63, 3.8) is 0 Å². The fourth-order valence-corrected chi connectivity index (χ4v) is 3.71. The highest BCUT2D eigenvalue weighted by Gasteiger charge is 2.22. The molecule has 0 spiro atoms. The molecule has 0 bridgehead atoms. The number of anilines is 1. The van der Waals surface area contributed by atoms with Gasteiger partial charge >= 0.3 is 6.03 Å². The second kappa shape index (κ2) is 6.76. The quantitative estimate of drug-likeness (QED) is 0.759. The number of carbonyl (C=O) groups excluding carboxylic acids is 1. The van der Waals surface area contributed by atoms with Gasteiger partial charge in [0.05, 0.1) is 17.6 Å². The summed E-state index contributed by atoms with van der Waals surface area (Å²) in [7, 11) is 0. The number of imidazole rings is 1. The van der Waals surface area contributed by atoms with Crippen LogP contribution in [0.1, 0.15) is 10.4 Å². The lowest BCUT2D eigenvalue weighted by atomic mass is 10.2. The van der Waals surface area contributed by atoms with E-state index in [4.69, 9.17) is 0 Å². The van der Waals surface area contributed by atoms with Gasteiger partial charge in [0.1, 0.15) is 0 Å². The third-order valence-electron chi connectivity index (χ3n) is 4.49. The van der Waals surface area contributed by atoms with E-state index in [1.54, 1.807) is 11.3 Å². The van der Waals surface area contributed by atoms with E-state index in [9.17, 15) is 4.79 Å². The molecule has 7 heteroatoms. The van der Waals surface area contributed by atoms with Crippen LogP contribution in [0, 0.1) is 6.92 Å². The minimum Gasteiger partial charge on any atom is -0.339 e. The highest BCUT2D eigenvalue weighted by Crippen LogP contribution is 2.19. The van der Waals surface area contributed by atoms with Gasteiger partial charge in [0, 0.05) is 31.1 Å². The van der Waals surface area contributed by atoms with Crippen LogP contribution in [-0.2, 0) is 6.54 Å². The molecule has 0 saturated carbocycles. The van der Waals surface area contributed by atoms with Crippen LogP contribution in [0.4, 0.5) is 10.7 Å². The number of nitrogens with one attached hydrogen (secondary N) is 2. The molecule has 2 N–H and O–H groups in total. The predicted octanol–water partition coefficient (Wildman–Crippen LogP) is 2.96. The summed E-state index contributed by atoms with van der Waals surface area (Å²) in [6, 6.07) is 10.3. The maximum absolute atomic E-state index is 12.3. The number of hydrogen-bond acceptors (Lipinski definition) is 4. The highest BCUT2D eigenvalue weighted by atomic mass is 32.1. The Morgan fingerprint density at radius 3 is 2.88 bits per heavy atom. The number of rotatable bonds is 3. The van der Waals surface area contributed by atoms with Gasteiger partial charge in [-0.2, -0.15) is 0 Å². The Morgan fingerprint density at radius 1 is 1.28 bits per heavy atom. The minimum atomic E-state index is 0.00767. The molecule has 130 valence electrons. The number of urea groups is 1. The maximum atomic E-state index is 12.3. The lowest BCUT2D eigenvalue weighted by Gasteiger charge is -2.34. The summed E-state index contributed by atoms with van der Waals surface area (Å²) >= 11 is 1.66. The lowest BCUT2D eigenvalue weighted by molar-refractivity contribution is 0.194. The predicted molar refractivity (Wildman–Crippen MR) is 101 cm³/mol. The number of benzene rings is 1. The van der Waals surface area contributed by atoms with Crippen LogP contribution in [0.25, 0.3) is 11.0 Å². The van der Waals surface area contributed by atoms with Gasteiger partial charge in [-0.25, -0.2) is 9.78 Å². The van der Waals surface area contributed by atoms with E-state index in [1.165, 1.54) is 10.4 Å². The van der Waals surface area contributed by atoms with Crippen LogP contribution in [0.3, 0.4) is 0 Å². The van der Waals surface area contributed by atoms with Crippen molar-refractivity contribution in [2.24, 2.45) is 0 Å². The van der Waals surface area contributed by atoms with E-state index >= 15 is 0 Å². The average Bonchev–Trinajstić information content (AvgIpc) is 3.29. The molecule has 2 aromatic heterocycles. The number of nitrogens with zero attached hydrogens (tertiary/aromatic N) is 3. The van der Waals surface area contributed by atoms with Crippen molar-refractivity contribution in [2.75, 3.05) is 31.1 Å². The Morgan fingerprint density at radius 2 is 2.12 bits per heavy atom. The van der Waals surface area contributed by atoms with Gasteiger partial charge in [-0.1, -0.05) is 12.1 Å². The maximum Gasteiger partial charge on any atom is 0.317 e. The first-order chi connectivity index (χ1) is 12.2. The summed E-state index contributed by atoms with van der Waals surface area (Å²) < 4.78 is 0. The van der Waals surface area contributed by atoms with Crippen molar-refractivity contribution in [1.29, 1.82) is 0 Å². The molecule has 0 unspecified atom stereocenters. The number of fused-ring (bicyclic) bond motifs is 1. The fraction of sp³-hybridized carbons (Fsp3) is 0.333. The van der Waals surface area contributed by atoms with Crippen LogP contribution in [0.5, 0.6) is 0 Å². The number of thiophene rings is 1. The number of aryl methyl sites for hydroxylation is 1. The van der Waals surface area contributed by atoms with Gasteiger partial charge in [0.15, 0.2) is 0 Å². The first-order valence-corrected chi connectivity index (χ1v) is 9.33. The first-order valence-electron chi connectivity index (χ1n) is 8.45. The molecule has 25 heavy (non-hydrogen) atoms. The SMILES string of the molecule is Cc1ccc2nc(N3CCN(C(=O)NCc4cccs4)CC3)[nH]c2c1. The van der Waals surface area contributed by atoms with Crippen molar-refractivity contribution >= 4 is 34.3 Å². The zero-order valence-corrected chi connectivity index (χ0v) is 15.0. The number of aromatic nitrogens is 2. The number of piperazine rings is 1. The molecule has 0 atom stereocenters. The molecule has 1 fully saturated rings. The van der Waals surface area contributed by atoms with Gasteiger partial charge in [0.25, 0.3) is 0 Å². The van der Waals surface area contributed by atoms with Gasteiger partial charge in [-0.15, -0.1) is 11.3 Å². The Bertz CT molecular complexity index is 865. The summed E-state index contributed by atoms with van der Waals surface area (Å²) in [5.41, 5.74) is 3.26. The van der Waals surface area contributed by atoms with E-state index in [2.05, 4.69) is 39.2 Å². The van der Waals surface area contributed by atoms with Crippen LogP contribution in [0.15, 0.2) is 35.7 Å². The molecular formula is C18H21N5OS. The minimum absolute atomic E-state index is 0.00767. The Labute approximate surface area is 150 Å².